The van der Waals surface area contributed by atoms with Crippen LogP contribution in [0.2, 0.25) is 0 Å². The van der Waals surface area contributed by atoms with Gasteiger partial charge in [0.2, 0.25) is 0 Å². The molecule has 0 spiro atoms. The van der Waals surface area contributed by atoms with Gasteiger partial charge < -0.3 is 4.48 Å². The lowest BCUT2D eigenvalue weighted by molar-refractivity contribution is -0.890. The number of unbranched alkanes of at least 4 members (excludes halogenated alkanes) is 15. The number of hydrogen-bond acceptors (Lipinski definition) is 2. The molecular formula is C23H50NO3S+. The molecule has 28 heavy (non-hydrogen) atoms. The summed E-state index contributed by atoms with van der Waals surface area (Å²) in [4.78, 5) is 0. The smallest absolute Gasteiger partial charge is 0.265 e. The van der Waals surface area contributed by atoms with Crippen LogP contribution in [0.5, 0.6) is 0 Å². The van der Waals surface area contributed by atoms with Crippen molar-refractivity contribution in [2.75, 3.05) is 32.9 Å². The van der Waals surface area contributed by atoms with Gasteiger partial charge in [-0.1, -0.05) is 96.8 Å². The summed E-state index contributed by atoms with van der Waals surface area (Å²) in [7, 11) is 0.488. The Balaban J connectivity index is 3.30. The summed E-state index contributed by atoms with van der Waals surface area (Å²) in [6.07, 6.45) is 22.7. The lowest BCUT2D eigenvalue weighted by Gasteiger charge is -2.29. The van der Waals surface area contributed by atoms with Crippen LogP contribution in [0.15, 0.2) is 0 Å². The van der Waals surface area contributed by atoms with E-state index in [0.29, 0.717) is 6.42 Å². The summed E-state index contributed by atoms with van der Waals surface area (Å²) in [6.45, 7) is 4.17. The highest BCUT2D eigenvalue weighted by molar-refractivity contribution is 7.85. The number of rotatable bonds is 21. The lowest BCUT2D eigenvalue weighted by Crippen LogP contribution is -2.41. The van der Waals surface area contributed by atoms with Gasteiger partial charge in [-0.2, -0.15) is 8.42 Å². The molecule has 0 aromatic carbocycles. The van der Waals surface area contributed by atoms with Crippen LogP contribution in [-0.4, -0.2) is 50.4 Å². The highest BCUT2D eigenvalue weighted by Gasteiger charge is 2.16. The maximum atomic E-state index is 10.8. The van der Waals surface area contributed by atoms with Crippen LogP contribution < -0.4 is 0 Å². The molecule has 4 nitrogen and oxygen atoms in total. The molecule has 0 amide bonds. The van der Waals surface area contributed by atoms with Gasteiger partial charge in [0.25, 0.3) is 10.1 Å². The quantitative estimate of drug-likeness (QED) is 0.129. The minimum absolute atomic E-state index is 0.117. The molecule has 0 aromatic heterocycles. The van der Waals surface area contributed by atoms with Crippen molar-refractivity contribution in [3.63, 3.8) is 0 Å². The van der Waals surface area contributed by atoms with Crippen molar-refractivity contribution in [1.82, 2.24) is 0 Å². The second-order valence-corrected chi connectivity index (χ2v) is 10.9. The first-order valence-corrected chi connectivity index (χ1v) is 13.6. The maximum Gasteiger partial charge on any atom is 0.265 e. The summed E-state index contributed by atoms with van der Waals surface area (Å²) in [5, 5.41) is 0. The lowest BCUT2D eigenvalue weighted by atomic mass is 10.0. The fourth-order valence-electron chi connectivity index (χ4n) is 3.87. The number of quaternary nitrogens is 1. The van der Waals surface area contributed by atoms with Crippen LogP contribution >= 0.6 is 0 Å². The first-order chi connectivity index (χ1) is 13.3. The summed E-state index contributed by atoms with van der Waals surface area (Å²) >= 11 is 0. The Kier molecular flexibility index (Phi) is 17.6. The predicted octanol–water partition coefficient (Wildman–Crippen LogP) is 6.60. The second kappa shape index (κ2) is 17.7. The highest BCUT2D eigenvalue weighted by atomic mass is 32.2. The van der Waals surface area contributed by atoms with E-state index in [1.807, 2.05) is 0 Å². The maximum absolute atomic E-state index is 10.8. The van der Waals surface area contributed by atoms with Gasteiger partial charge in [-0.25, -0.2) is 0 Å². The van der Waals surface area contributed by atoms with E-state index in [1.165, 1.54) is 103 Å². The third-order valence-electron chi connectivity index (χ3n) is 5.78. The molecule has 0 heterocycles. The molecule has 0 saturated heterocycles. The minimum Gasteiger partial charge on any atom is -0.328 e. The van der Waals surface area contributed by atoms with Crippen molar-refractivity contribution in [2.45, 2.75) is 116 Å². The first-order valence-electron chi connectivity index (χ1n) is 12.0. The van der Waals surface area contributed by atoms with Crippen LogP contribution in [-0.2, 0) is 10.1 Å². The Morgan fingerprint density at radius 2 is 0.893 bits per heavy atom. The van der Waals surface area contributed by atoms with E-state index in [0.717, 1.165) is 17.6 Å². The normalized spacial score (nSPS) is 12.6. The third kappa shape index (κ3) is 22.2. The molecule has 0 radical (unpaired) electrons. The zero-order valence-electron chi connectivity index (χ0n) is 19.3. The van der Waals surface area contributed by atoms with E-state index >= 15 is 0 Å². The van der Waals surface area contributed by atoms with Crippen molar-refractivity contribution >= 4 is 10.1 Å². The van der Waals surface area contributed by atoms with Gasteiger partial charge in [-0.3, -0.25) is 4.55 Å². The topological polar surface area (TPSA) is 54.4 Å². The van der Waals surface area contributed by atoms with E-state index < -0.39 is 10.1 Å². The average molecular weight is 421 g/mol. The number of nitrogens with zero attached hydrogens (tertiary/aromatic N) is 1. The van der Waals surface area contributed by atoms with Crippen molar-refractivity contribution in [1.29, 1.82) is 0 Å². The monoisotopic (exact) mass is 420 g/mol. The zero-order chi connectivity index (χ0) is 21.1. The Morgan fingerprint density at radius 1 is 0.571 bits per heavy atom. The highest BCUT2D eigenvalue weighted by Crippen LogP contribution is 2.14. The molecule has 0 fully saturated rings. The van der Waals surface area contributed by atoms with Gasteiger partial charge >= 0.3 is 0 Å². The molecule has 1 N–H and O–H groups in total. The largest absolute Gasteiger partial charge is 0.328 e. The Labute approximate surface area is 176 Å². The fourth-order valence-corrected chi connectivity index (χ4v) is 4.37. The minimum atomic E-state index is -3.81. The van der Waals surface area contributed by atoms with Crippen molar-refractivity contribution in [2.24, 2.45) is 0 Å². The van der Waals surface area contributed by atoms with Crippen LogP contribution in [0.3, 0.4) is 0 Å². The van der Waals surface area contributed by atoms with Crippen LogP contribution in [0.4, 0.5) is 0 Å². The fraction of sp³-hybridized carbons (Fsp3) is 1.00. The molecule has 0 aliphatic rings. The average Bonchev–Trinajstić information content (AvgIpc) is 2.60. The molecule has 5 heteroatoms. The van der Waals surface area contributed by atoms with Gasteiger partial charge in [0, 0.05) is 6.42 Å². The molecule has 0 unspecified atom stereocenters. The Hall–Kier alpha value is -0.130. The van der Waals surface area contributed by atoms with E-state index in [-0.39, 0.29) is 5.75 Å². The third-order valence-corrected chi connectivity index (χ3v) is 6.59. The second-order valence-electron chi connectivity index (χ2n) is 9.33. The molecule has 0 aromatic rings. The van der Waals surface area contributed by atoms with Gasteiger partial charge in [-0.15, -0.1) is 0 Å². The van der Waals surface area contributed by atoms with Gasteiger partial charge in [0.1, 0.15) is 0 Å². The van der Waals surface area contributed by atoms with Gasteiger partial charge in [0.15, 0.2) is 0 Å². The van der Waals surface area contributed by atoms with E-state index in [9.17, 15) is 8.42 Å². The molecule has 0 aliphatic carbocycles. The van der Waals surface area contributed by atoms with Crippen LogP contribution in [0, 0.1) is 0 Å². The van der Waals surface area contributed by atoms with Gasteiger partial charge in [-0.05, 0) is 12.8 Å². The molecule has 170 valence electrons. The summed E-state index contributed by atoms with van der Waals surface area (Å²) in [6, 6.07) is 0. The summed E-state index contributed by atoms with van der Waals surface area (Å²) < 4.78 is 31.2. The first kappa shape index (κ1) is 27.9. The molecule has 0 aliphatic heterocycles. The van der Waals surface area contributed by atoms with E-state index in [1.54, 1.807) is 0 Å². The number of hydrogen-bond donors (Lipinski definition) is 1. The van der Waals surface area contributed by atoms with Crippen LogP contribution in [0.1, 0.15) is 116 Å². The Bertz CT molecular complexity index is 435. The van der Waals surface area contributed by atoms with Crippen molar-refractivity contribution in [3.05, 3.63) is 0 Å². The van der Waals surface area contributed by atoms with Crippen LogP contribution in [0.25, 0.3) is 0 Å². The zero-order valence-corrected chi connectivity index (χ0v) is 20.1. The molecule has 0 saturated carbocycles. The standard InChI is InChI=1S/C23H49NO3S/c1-4-5-6-7-8-9-10-11-12-13-14-15-16-17-18-19-21-24(2,3)22-20-23-28(25,26)27/h4-23H2,1-3H3/p+1. The van der Waals surface area contributed by atoms with Gasteiger partial charge in [0.05, 0.1) is 32.9 Å². The van der Waals surface area contributed by atoms with E-state index in [2.05, 4.69) is 21.0 Å². The molecule has 0 bridgehead atoms. The van der Waals surface area contributed by atoms with Crippen molar-refractivity contribution < 1.29 is 17.5 Å². The molecule has 0 atom stereocenters. The Morgan fingerprint density at radius 3 is 1.25 bits per heavy atom. The van der Waals surface area contributed by atoms with E-state index in [4.69, 9.17) is 4.55 Å². The predicted molar refractivity (Wildman–Crippen MR) is 122 cm³/mol. The summed E-state index contributed by atoms with van der Waals surface area (Å²) in [5.41, 5.74) is 0. The summed E-state index contributed by atoms with van der Waals surface area (Å²) in [5.74, 6) is -0.117. The molecular weight excluding hydrogens is 370 g/mol. The molecule has 0 rings (SSSR count). The SMILES string of the molecule is CCCCCCCCCCCCCCCCCC[N+](C)(C)CCCS(=O)(=O)O. The van der Waals surface area contributed by atoms with Crippen molar-refractivity contribution in [3.8, 4) is 0 Å².